The fraction of sp³-hybridized carbons (Fsp3) is 0.350. The Kier molecular flexibility index (Phi) is 5.83. The molecule has 0 N–H and O–H groups in total. The van der Waals surface area contributed by atoms with Crippen molar-refractivity contribution in [2.75, 3.05) is 25.9 Å². The van der Waals surface area contributed by atoms with Crippen LogP contribution in [-0.4, -0.2) is 49.4 Å². The highest BCUT2D eigenvalue weighted by Crippen LogP contribution is 2.38. The number of sulfonamides is 1. The minimum atomic E-state index is -3.48. The van der Waals surface area contributed by atoms with Gasteiger partial charge in [0.2, 0.25) is 15.9 Å². The minimum absolute atomic E-state index is 0.122. The first kappa shape index (κ1) is 19.8. The molecule has 5 nitrogen and oxygen atoms in total. The van der Waals surface area contributed by atoms with E-state index in [9.17, 15) is 13.2 Å². The first-order valence-electron chi connectivity index (χ1n) is 8.80. The van der Waals surface area contributed by atoms with Gasteiger partial charge in [0.25, 0.3) is 0 Å². The van der Waals surface area contributed by atoms with E-state index in [-0.39, 0.29) is 25.0 Å². The third-order valence-electron chi connectivity index (χ3n) is 4.88. The lowest BCUT2D eigenvalue weighted by atomic mass is 9.90. The molecule has 27 heavy (non-hydrogen) atoms. The van der Waals surface area contributed by atoms with Crippen molar-refractivity contribution >= 4 is 27.3 Å². The highest BCUT2D eigenvalue weighted by atomic mass is 32.2. The third kappa shape index (κ3) is 4.15. The summed E-state index contributed by atoms with van der Waals surface area (Å²) in [6.45, 7) is 6.17. The molecule has 1 aliphatic heterocycles. The Morgan fingerprint density at radius 1 is 1.33 bits per heavy atom. The molecule has 2 aromatic rings. The highest BCUT2D eigenvalue weighted by Gasteiger charge is 2.34. The van der Waals surface area contributed by atoms with Crippen molar-refractivity contribution in [3.05, 3.63) is 69.9 Å². The summed E-state index contributed by atoms with van der Waals surface area (Å²) in [5.74, 6) is -0.188. The Morgan fingerprint density at radius 3 is 2.74 bits per heavy atom. The molecule has 1 aromatic carbocycles. The monoisotopic (exact) mass is 404 g/mol. The van der Waals surface area contributed by atoms with Gasteiger partial charge in [0.15, 0.2) is 0 Å². The van der Waals surface area contributed by atoms with Crippen LogP contribution in [0.1, 0.15) is 27.6 Å². The van der Waals surface area contributed by atoms with Gasteiger partial charge in [-0.25, -0.2) is 8.42 Å². The molecule has 1 amide bonds. The number of carbonyl (C=O) groups excluding carboxylic acids is 1. The van der Waals surface area contributed by atoms with Crippen molar-refractivity contribution in [2.24, 2.45) is 0 Å². The molecule has 0 fully saturated rings. The topological polar surface area (TPSA) is 57.7 Å². The quantitative estimate of drug-likeness (QED) is 0.696. The highest BCUT2D eigenvalue weighted by molar-refractivity contribution is 7.88. The maximum absolute atomic E-state index is 13.1. The van der Waals surface area contributed by atoms with E-state index in [2.05, 4.69) is 18.0 Å². The van der Waals surface area contributed by atoms with Gasteiger partial charge in [0, 0.05) is 18.0 Å². The molecule has 0 spiro atoms. The number of nitrogens with zero attached hydrogens (tertiary/aromatic N) is 2. The molecule has 0 saturated heterocycles. The summed E-state index contributed by atoms with van der Waals surface area (Å²) in [5.41, 5.74) is 3.34. The number of amides is 1. The van der Waals surface area contributed by atoms with Crippen LogP contribution in [0.3, 0.4) is 0 Å². The Labute approximate surface area is 165 Å². The van der Waals surface area contributed by atoms with Crippen LogP contribution in [0.25, 0.3) is 0 Å². The zero-order valence-electron chi connectivity index (χ0n) is 15.6. The largest absolute Gasteiger partial charge is 0.330 e. The van der Waals surface area contributed by atoms with E-state index < -0.39 is 10.0 Å². The molecule has 2 heterocycles. The van der Waals surface area contributed by atoms with Crippen LogP contribution in [0.15, 0.2) is 48.4 Å². The van der Waals surface area contributed by atoms with Crippen molar-refractivity contribution in [1.29, 1.82) is 0 Å². The normalized spacial score (nSPS) is 17.0. The fourth-order valence-electron chi connectivity index (χ4n) is 3.52. The van der Waals surface area contributed by atoms with Gasteiger partial charge in [-0.05, 0) is 41.5 Å². The van der Waals surface area contributed by atoms with Gasteiger partial charge < -0.3 is 4.90 Å². The Morgan fingerprint density at radius 2 is 2.07 bits per heavy atom. The molecular formula is C20H24N2O3S2. The Hall–Kier alpha value is -1.96. The van der Waals surface area contributed by atoms with Crippen LogP contribution in [0.4, 0.5) is 0 Å². The van der Waals surface area contributed by atoms with Crippen molar-refractivity contribution in [3.63, 3.8) is 0 Å². The predicted molar refractivity (Wildman–Crippen MR) is 109 cm³/mol. The van der Waals surface area contributed by atoms with Crippen LogP contribution in [0, 0.1) is 6.92 Å². The lowest BCUT2D eigenvalue weighted by Crippen LogP contribution is -2.46. The van der Waals surface area contributed by atoms with E-state index >= 15 is 0 Å². The molecule has 1 aromatic heterocycles. The number of thiophene rings is 1. The number of carbonyl (C=O) groups is 1. The van der Waals surface area contributed by atoms with Crippen molar-refractivity contribution in [2.45, 2.75) is 19.4 Å². The number of rotatable bonds is 6. The second-order valence-corrected chi connectivity index (χ2v) is 9.72. The Bertz CT molecular complexity index is 950. The minimum Gasteiger partial charge on any atom is -0.330 e. The van der Waals surface area contributed by atoms with Crippen molar-refractivity contribution in [3.8, 4) is 0 Å². The molecule has 1 atom stereocenters. The second kappa shape index (κ2) is 7.96. The molecule has 144 valence electrons. The van der Waals surface area contributed by atoms with E-state index in [1.54, 1.807) is 11.3 Å². The zero-order valence-corrected chi connectivity index (χ0v) is 17.2. The molecule has 1 aliphatic rings. The van der Waals surface area contributed by atoms with Gasteiger partial charge in [-0.2, -0.15) is 4.31 Å². The molecule has 0 aliphatic carbocycles. The lowest BCUT2D eigenvalue weighted by Gasteiger charge is -2.38. The summed E-state index contributed by atoms with van der Waals surface area (Å²) in [6.07, 6.45) is 3.41. The van der Waals surface area contributed by atoms with E-state index in [1.165, 1.54) is 15.3 Å². The lowest BCUT2D eigenvalue weighted by molar-refractivity contribution is -0.133. The molecule has 7 heteroatoms. The van der Waals surface area contributed by atoms with Gasteiger partial charge in [-0.3, -0.25) is 4.79 Å². The summed E-state index contributed by atoms with van der Waals surface area (Å²) < 4.78 is 25.2. The number of fused-ring (bicyclic) bond motifs is 1. The number of hydrogen-bond donors (Lipinski definition) is 0. The van der Waals surface area contributed by atoms with Crippen LogP contribution in [0.5, 0.6) is 0 Å². The number of hydrogen-bond acceptors (Lipinski definition) is 4. The number of benzene rings is 1. The van der Waals surface area contributed by atoms with Crippen LogP contribution in [0.2, 0.25) is 0 Å². The van der Waals surface area contributed by atoms with Crippen molar-refractivity contribution < 1.29 is 13.2 Å². The summed E-state index contributed by atoms with van der Waals surface area (Å²) in [4.78, 5) is 16.3. The Balaban J connectivity index is 1.97. The molecule has 3 rings (SSSR count). The van der Waals surface area contributed by atoms with Crippen LogP contribution < -0.4 is 0 Å². The second-order valence-electron chi connectivity index (χ2n) is 6.74. The zero-order chi connectivity index (χ0) is 19.6. The summed E-state index contributed by atoms with van der Waals surface area (Å²) in [7, 11) is -3.48. The van der Waals surface area contributed by atoms with Gasteiger partial charge >= 0.3 is 0 Å². The maximum atomic E-state index is 13.1. The average molecular weight is 405 g/mol. The first-order valence-corrected chi connectivity index (χ1v) is 11.5. The summed E-state index contributed by atoms with van der Waals surface area (Å²) in [5, 5.41) is 2.06. The van der Waals surface area contributed by atoms with Crippen LogP contribution in [-0.2, 0) is 21.2 Å². The molecule has 0 saturated carbocycles. The smallest absolute Gasteiger partial charge is 0.238 e. The first-order chi connectivity index (χ1) is 12.8. The van der Waals surface area contributed by atoms with Gasteiger partial charge in [-0.1, -0.05) is 30.3 Å². The molecular weight excluding hydrogens is 380 g/mol. The standard InChI is InChI=1S/C20H24N2O3S2/c1-4-11-21(27(3,24)25)14-19(23)22-12-9-18-17(10-13-26-18)20(22)16-8-6-5-7-15(16)2/h4-8,10,13,20H,1,9,11-12,14H2,2-3H3. The molecule has 0 radical (unpaired) electrons. The van der Waals surface area contributed by atoms with E-state index in [4.69, 9.17) is 0 Å². The van der Waals surface area contributed by atoms with E-state index in [0.29, 0.717) is 6.54 Å². The SMILES string of the molecule is C=CCN(CC(=O)N1CCc2sccc2C1c1ccccc1C)S(C)(=O)=O. The maximum Gasteiger partial charge on any atom is 0.238 e. The van der Waals surface area contributed by atoms with Gasteiger partial charge in [-0.15, -0.1) is 17.9 Å². The van der Waals surface area contributed by atoms with Gasteiger partial charge in [0.1, 0.15) is 0 Å². The predicted octanol–water partition coefficient (Wildman–Crippen LogP) is 2.98. The van der Waals surface area contributed by atoms with E-state index in [1.807, 2.05) is 36.1 Å². The molecule has 0 bridgehead atoms. The number of aryl methyl sites for hydroxylation is 1. The average Bonchev–Trinajstić information content (AvgIpc) is 3.09. The van der Waals surface area contributed by atoms with Gasteiger partial charge in [0.05, 0.1) is 18.8 Å². The third-order valence-corrected chi connectivity index (χ3v) is 7.10. The van der Waals surface area contributed by atoms with E-state index in [0.717, 1.165) is 29.4 Å². The summed E-state index contributed by atoms with van der Waals surface area (Å²) >= 11 is 1.71. The van der Waals surface area contributed by atoms with Crippen LogP contribution >= 0.6 is 11.3 Å². The summed E-state index contributed by atoms with van der Waals surface area (Å²) in [6, 6.07) is 9.95. The fourth-order valence-corrected chi connectivity index (χ4v) is 5.14. The van der Waals surface area contributed by atoms with Crippen molar-refractivity contribution in [1.82, 2.24) is 9.21 Å². The molecule has 1 unspecified atom stereocenters.